The number of nitrogens with one attached hydrogen (secondary N) is 1. The van der Waals surface area contributed by atoms with E-state index in [1.54, 1.807) is 18.2 Å². The van der Waals surface area contributed by atoms with Gasteiger partial charge in [0.25, 0.3) is 5.76 Å². The van der Waals surface area contributed by atoms with Gasteiger partial charge in [-0.2, -0.15) is 8.78 Å². The van der Waals surface area contributed by atoms with Gasteiger partial charge in [0.2, 0.25) is 5.82 Å². The van der Waals surface area contributed by atoms with Crippen LogP contribution in [0.15, 0.2) is 41.3 Å². The number of para-hydroxylation sites is 1. The number of benzene rings is 1. The van der Waals surface area contributed by atoms with E-state index in [0.717, 1.165) is 0 Å². The van der Waals surface area contributed by atoms with Crippen LogP contribution in [0.1, 0.15) is 0 Å². The van der Waals surface area contributed by atoms with Gasteiger partial charge in [0.05, 0.1) is 10.6 Å². The third-order valence-electron chi connectivity index (χ3n) is 2.46. The fourth-order valence-corrected chi connectivity index (χ4v) is 2.19. The summed E-state index contributed by atoms with van der Waals surface area (Å²) in [7, 11) is 0. The third-order valence-corrected chi connectivity index (χ3v) is 3.25. The van der Waals surface area contributed by atoms with Gasteiger partial charge in [-0.1, -0.05) is 23.9 Å². The van der Waals surface area contributed by atoms with Crippen molar-refractivity contribution < 1.29 is 13.7 Å². The van der Waals surface area contributed by atoms with Crippen molar-refractivity contribution in [2.75, 3.05) is 11.1 Å². The predicted molar refractivity (Wildman–Crippen MR) is 76.9 cm³/mol. The van der Waals surface area contributed by atoms with Crippen molar-refractivity contribution in [1.29, 1.82) is 0 Å². The SMILES string of the molecule is Nc1nc(Nc2ccccc2SC(F)F)ccc1[N+](=O)[O-]. The lowest BCUT2D eigenvalue weighted by atomic mass is 10.3. The Balaban J connectivity index is 2.26. The van der Waals surface area contributed by atoms with Crippen LogP contribution < -0.4 is 11.1 Å². The van der Waals surface area contributed by atoms with Gasteiger partial charge < -0.3 is 11.1 Å². The third kappa shape index (κ3) is 3.78. The van der Waals surface area contributed by atoms with E-state index in [0.29, 0.717) is 22.3 Å². The number of anilines is 3. The summed E-state index contributed by atoms with van der Waals surface area (Å²) in [4.78, 5) is 14.2. The van der Waals surface area contributed by atoms with Crippen LogP contribution in [0.4, 0.5) is 31.8 Å². The van der Waals surface area contributed by atoms with Crippen molar-refractivity contribution in [1.82, 2.24) is 4.98 Å². The molecule has 0 radical (unpaired) electrons. The topological polar surface area (TPSA) is 94.1 Å². The molecule has 21 heavy (non-hydrogen) atoms. The number of hydrogen-bond donors (Lipinski definition) is 2. The summed E-state index contributed by atoms with van der Waals surface area (Å²) in [6.45, 7) is 0. The zero-order valence-electron chi connectivity index (χ0n) is 10.5. The Bertz CT molecular complexity index is 669. The van der Waals surface area contributed by atoms with E-state index in [1.807, 2.05) is 0 Å². The number of halogens is 2. The molecular weight excluding hydrogens is 302 g/mol. The zero-order valence-corrected chi connectivity index (χ0v) is 11.3. The molecule has 0 amide bonds. The van der Waals surface area contributed by atoms with Gasteiger partial charge in [-0.05, 0) is 18.2 Å². The first-order valence-corrected chi connectivity index (χ1v) is 6.57. The molecule has 0 atom stereocenters. The molecule has 2 rings (SSSR count). The lowest BCUT2D eigenvalue weighted by molar-refractivity contribution is -0.384. The number of nitrogens with zero attached hydrogens (tertiary/aromatic N) is 2. The summed E-state index contributed by atoms with van der Waals surface area (Å²) >= 11 is 0.393. The highest BCUT2D eigenvalue weighted by atomic mass is 32.2. The molecule has 6 nitrogen and oxygen atoms in total. The molecule has 0 bridgehead atoms. The first kappa shape index (κ1) is 15.0. The molecule has 3 N–H and O–H groups in total. The highest BCUT2D eigenvalue weighted by molar-refractivity contribution is 7.99. The normalized spacial score (nSPS) is 10.6. The van der Waals surface area contributed by atoms with Crippen LogP contribution in [0.3, 0.4) is 0 Å². The number of nitrogens with two attached hydrogens (primary N) is 1. The maximum Gasteiger partial charge on any atom is 0.311 e. The first-order valence-electron chi connectivity index (χ1n) is 5.69. The molecule has 1 aromatic heterocycles. The summed E-state index contributed by atoms with van der Waals surface area (Å²) < 4.78 is 24.9. The van der Waals surface area contributed by atoms with Gasteiger partial charge in [-0.3, -0.25) is 10.1 Å². The van der Waals surface area contributed by atoms with Crippen LogP contribution in [-0.4, -0.2) is 15.7 Å². The molecule has 0 fully saturated rings. The smallest absolute Gasteiger partial charge is 0.311 e. The fourth-order valence-electron chi connectivity index (χ4n) is 1.60. The summed E-state index contributed by atoms with van der Waals surface area (Å²) in [5, 5.41) is 13.5. The van der Waals surface area contributed by atoms with Crippen molar-refractivity contribution in [2.24, 2.45) is 0 Å². The van der Waals surface area contributed by atoms with E-state index >= 15 is 0 Å². The lowest BCUT2D eigenvalue weighted by Crippen LogP contribution is -2.02. The minimum atomic E-state index is -2.55. The Kier molecular flexibility index (Phi) is 4.53. The number of hydrogen-bond acceptors (Lipinski definition) is 6. The summed E-state index contributed by atoms with van der Waals surface area (Å²) in [5.74, 6) is -2.56. The minimum Gasteiger partial charge on any atom is -0.378 e. The largest absolute Gasteiger partial charge is 0.378 e. The molecule has 1 heterocycles. The molecule has 2 aromatic rings. The number of rotatable bonds is 5. The van der Waals surface area contributed by atoms with Crippen molar-refractivity contribution in [3.05, 3.63) is 46.5 Å². The van der Waals surface area contributed by atoms with E-state index in [4.69, 9.17) is 5.73 Å². The fraction of sp³-hybridized carbons (Fsp3) is 0.0833. The standard InChI is InChI=1S/C12H10F2N4O2S/c13-12(14)21-9-4-2-1-3-7(9)16-10-6-5-8(18(19)20)11(15)17-10/h1-6,12H,(H3,15,16,17). The van der Waals surface area contributed by atoms with Crippen molar-refractivity contribution in [3.63, 3.8) is 0 Å². The van der Waals surface area contributed by atoms with Gasteiger partial charge in [-0.25, -0.2) is 4.98 Å². The number of nitrogen functional groups attached to an aromatic ring is 1. The second kappa shape index (κ2) is 6.35. The van der Waals surface area contributed by atoms with Crippen LogP contribution in [0.5, 0.6) is 0 Å². The van der Waals surface area contributed by atoms with Gasteiger partial charge >= 0.3 is 5.69 Å². The molecule has 0 saturated carbocycles. The molecule has 1 aromatic carbocycles. The molecule has 0 unspecified atom stereocenters. The second-order valence-corrected chi connectivity index (χ2v) is 4.89. The molecule has 110 valence electrons. The molecule has 9 heteroatoms. The number of aromatic nitrogens is 1. The number of nitro groups is 1. The molecule has 0 aliphatic heterocycles. The molecule has 0 aliphatic rings. The number of pyridine rings is 1. The van der Waals surface area contributed by atoms with Crippen molar-refractivity contribution in [2.45, 2.75) is 10.7 Å². The average Bonchev–Trinajstić information content (AvgIpc) is 2.40. The summed E-state index contributed by atoms with van der Waals surface area (Å²) in [6.07, 6.45) is 0. The quantitative estimate of drug-likeness (QED) is 0.497. The van der Waals surface area contributed by atoms with Crippen LogP contribution in [0.25, 0.3) is 0 Å². The highest BCUT2D eigenvalue weighted by Gasteiger charge is 2.14. The zero-order chi connectivity index (χ0) is 15.4. The van der Waals surface area contributed by atoms with Crippen LogP contribution in [-0.2, 0) is 0 Å². The Labute approximate surface area is 122 Å². The maximum absolute atomic E-state index is 12.5. The number of thioether (sulfide) groups is 1. The Hall–Kier alpha value is -2.42. The van der Waals surface area contributed by atoms with Gasteiger partial charge in [0.15, 0.2) is 0 Å². The van der Waals surface area contributed by atoms with E-state index in [9.17, 15) is 18.9 Å². The van der Waals surface area contributed by atoms with E-state index in [1.165, 1.54) is 18.2 Å². The minimum absolute atomic E-state index is 0.236. The average molecular weight is 312 g/mol. The van der Waals surface area contributed by atoms with Gasteiger partial charge in [0, 0.05) is 11.0 Å². The monoisotopic (exact) mass is 312 g/mol. The maximum atomic E-state index is 12.5. The van der Waals surface area contributed by atoms with E-state index in [2.05, 4.69) is 10.3 Å². The molecule has 0 spiro atoms. The Morgan fingerprint density at radius 2 is 2.00 bits per heavy atom. The summed E-state index contributed by atoms with van der Waals surface area (Å²) in [6, 6.07) is 9.00. The first-order chi connectivity index (χ1) is 9.97. The van der Waals surface area contributed by atoms with Crippen molar-refractivity contribution >= 4 is 34.8 Å². The van der Waals surface area contributed by atoms with E-state index in [-0.39, 0.29) is 17.3 Å². The Morgan fingerprint density at radius 3 is 2.62 bits per heavy atom. The van der Waals surface area contributed by atoms with Crippen LogP contribution >= 0.6 is 11.8 Å². The molecular formula is C12H10F2N4O2S. The van der Waals surface area contributed by atoms with Gasteiger partial charge in [0.1, 0.15) is 5.82 Å². The van der Waals surface area contributed by atoms with Gasteiger partial charge in [-0.15, -0.1) is 0 Å². The van der Waals surface area contributed by atoms with Crippen LogP contribution in [0.2, 0.25) is 0 Å². The Morgan fingerprint density at radius 1 is 1.29 bits per heavy atom. The predicted octanol–water partition coefficient (Wildman–Crippen LogP) is 3.63. The lowest BCUT2D eigenvalue weighted by Gasteiger charge is -2.11. The number of alkyl halides is 2. The summed E-state index contributed by atoms with van der Waals surface area (Å²) in [5.41, 5.74) is 5.59. The highest BCUT2D eigenvalue weighted by Crippen LogP contribution is 2.33. The van der Waals surface area contributed by atoms with Crippen LogP contribution in [0, 0.1) is 10.1 Å². The second-order valence-electron chi connectivity index (χ2n) is 3.86. The molecule has 0 aliphatic carbocycles. The van der Waals surface area contributed by atoms with E-state index < -0.39 is 10.7 Å². The molecule has 0 saturated heterocycles. The van der Waals surface area contributed by atoms with Crippen molar-refractivity contribution in [3.8, 4) is 0 Å².